The lowest BCUT2D eigenvalue weighted by atomic mass is 10.3. The molecule has 0 spiro atoms. The van der Waals surface area contributed by atoms with E-state index in [1.807, 2.05) is 0 Å². The Kier molecular flexibility index (Phi) is 2.09. The SMILES string of the molecule is O=C1NCC(c2ccc(C(F)(F)F)o2)O1. The van der Waals surface area contributed by atoms with E-state index in [4.69, 9.17) is 0 Å². The second kappa shape index (κ2) is 3.18. The maximum Gasteiger partial charge on any atom is 0.449 e. The lowest BCUT2D eigenvalue weighted by Crippen LogP contribution is -2.12. The first-order chi connectivity index (χ1) is 6.97. The molecule has 2 rings (SSSR count). The molecule has 1 unspecified atom stereocenters. The summed E-state index contributed by atoms with van der Waals surface area (Å²) in [5.74, 6) is -1.11. The summed E-state index contributed by atoms with van der Waals surface area (Å²) >= 11 is 0. The lowest BCUT2D eigenvalue weighted by Gasteiger charge is -2.04. The van der Waals surface area contributed by atoms with Gasteiger partial charge in [0.15, 0.2) is 6.10 Å². The molecule has 1 aliphatic heterocycles. The Morgan fingerprint density at radius 1 is 1.40 bits per heavy atom. The van der Waals surface area contributed by atoms with Crippen molar-refractivity contribution in [1.82, 2.24) is 5.32 Å². The monoisotopic (exact) mass is 221 g/mol. The fourth-order valence-corrected chi connectivity index (χ4v) is 1.23. The molecule has 1 aromatic rings. The molecule has 1 fully saturated rings. The highest BCUT2D eigenvalue weighted by molar-refractivity contribution is 5.69. The molecule has 0 aliphatic carbocycles. The van der Waals surface area contributed by atoms with Crippen molar-refractivity contribution < 1.29 is 27.1 Å². The van der Waals surface area contributed by atoms with E-state index < -0.39 is 24.1 Å². The molecule has 0 saturated carbocycles. The molecule has 7 heteroatoms. The van der Waals surface area contributed by atoms with Crippen LogP contribution in [-0.2, 0) is 10.9 Å². The molecule has 2 heterocycles. The third-order valence-corrected chi connectivity index (χ3v) is 1.90. The van der Waals surface area contributed by atoms with Gasteiger partial charge >= 0.3 is 12.3 Å². The average molecular weight is 221 g/mol. The van der Waals surface area contributed by atoms with E-state index in [1.165, 1.54) is 0 Å². The van der Waals surface area contributed by atoms with Crippen LogP contribution in [0, 0.1) is 0 Å². The normalized spacial score (nSPS) is 21.3. The minimum atomic E-state index is -4.52. The molecule has 15 heavy (non-hydrogen) atoms. The predicted octanol–water partition coefficient (Wildman–Crippen LogP) is 2.08. The smallest absolute Gasteiger partial charge is 0.449 e. The van der Waals surface area contributed by atoms with E-state index in [9.17, 15) is 18.0 Å². The molecule has 1 saturated heterocycles. The zero-order valence-electron chi connectivity index (χ0n) is 7.30. The summed E-state index contributed by atoms with van der Waals surface area (Å²) < 4.78 is 45.6. The Morgan fingerprint density at radius 3 is 2.60 bits per heavy atom. The van der Waals surface area contributed by atoms with Crippen LogP contribution in [0.1, 0.15) is 17.6 Å². The number of furan rings is 1. The summed E-state index contributed by atoms with van der Waals surface area (Å²) in [4.78, 5) is 10.6. The number of hydrogen-bond acceptors (Lipinski definition) is 3. The Hall–Kier alpha value is -1.66. The molecule has 4 nitrogen and oxygen atoms in total. The summed E-state index contributed by atoms with van der Waals surface area (Å²) in [7, 11) is 0. The van der Waals surface area contributed by atoms with Gasteiger partial charge in [0.2, 0.25) is 5.76 Å². The summed E-state index contributed by atoms with van der Waals surface area (Å²) in [5, 5.41) is 2.31. The summed E-state index contributed by atoms with van der Waals surface area (Å²) in [6.45, 7) is 0.115. The lowest BCUT2D eigenvalue weighted by molar-refractivity contribution is -0.153. The van der Waals surface area contributed by atoms with Crippen molar-refractivity contribution in [3.63, 3.8) is 0 Å². The van der Waals surface area contributed by atoms with Crippen LogP contribution in [0.15, 0.2) is 16.5 Å². The van der Waals surface area contributed by atoms with Gasteiger partial charge in [-0.15, -0.1) is 0 Å². The van der Waals surface area contributed by atoms with E-state index in [1.54, 1.807) is 0 Å². The van der Waals surface area contributed by atoms with Crippen LogP contribution in [0.4, 0.5) is 18.0 Å². The van der Waals surface area contributed by atoms with Crippen LogP contribution in [-0.4, -0.2) is 12.6 Å². The first-order valence-corrected chi connectivity index (χ1v) is 4.08. The van der Waals surface area contributed by atoms with Crippen LogP contribution < -0.4 is 5.32 Å². The number of amides is 1. The molecule has 0 radical (unpaired) electrons. The summed E-state index contributed by atoms with van der Waals surface area (Å²) in [5.41, 5.74) is 0. The number of rotatable bonds is 1. The van der Waals surface area contributed by atoms with Crippen molar-refractivity contribution in [2.75, 3.05) is 6.54 Å². The predicted molar refractivity (Wildman–Crippen MR) is 40.9 cm³/mol. The van der Waals surface area contributed by atoms with Gasteiger partial charge in [0.05, 0.1) is 6.54 Å². The van der Waals surface area contributed by atoms with E-state index in [0.717, 1.165) is 12.1 Å². The van der Waals surface area contributed by atoms with Crippen LogP contribution in [0.25, 0.3) is 0 Å². The van der Waals surface area contributed by atoms with Gasteiger partial charge in [-0.1, -0.05) is 0 Å². The van der Waals surface area contributed by atoms with Crippen molar-refractivity contribution in [2.45, 2.75) is 12.3 Å². The van der Waals surface area contributed by atoms with Gasteiger partial charge in [-0.2, -0.15) is 13.2 Å². The second-order valence-corrected chi connectivity index (χ2v) is 2.97. The first kappa shape index (κ1) is 9.88. The molecule has 1 amide bonds. The standard InChI is InChI=1S/C8H6F3NO3/c9-8(10,11)6-2-1-4(14-6)5-3-12-7(13)15-5/h1-2,5H,3H2,(H,12,13). The van der Waals surface area contributed by atoms with Crippen molar-refractivity contribution in [2.24, 2.45) is 0 Å². The van der Waals surface area contributed by atoms with Crippen molar-refractivity contribution >= 4 is 6.09 Å². The number of hydrogen-bond donors (Lipinski definition) is 1. The largest absolute Gasteiger partial charge is 0.452 e. The third-order valence-electron chi connectivity index (χ3n) is 1.90. The minimum Gasteiger partial charge on any atom is -0.452 e. The van der Waals surface area contributed by atoms with E-state index in [2.05, 4.69) is 14.5 Å². The number of ether oxygens (including phenoxy) is 1. The van der Waals surface area contributed by atoms with E-state index >= 15 is 0 Å². The molecule has 1 aromatic heterocycles. The molecule has 1 atom stereocenters. The van der Waals surface area contributed by atoms with Gasteiger partial charge < -0.3 is 14.5 Å². The zero-order chi connectivity index (χ0) is 11.1. The van der Waals surface area contributed by atoms with Crippen LogP contribution in [0.2, 0.25) is 0 Å². The first-order valence-electron chi connectivity index (χ1n) is 4.08. The molecule has 0 aromatic carbocycles. The van der Waals surface area contributed by atoms with E-state index in [0.29, 0.717) is 0 Å². The summed E-state index contributed by atoms with van der Waals surface area (Å²) in [6.07, 6.45) is -5.97. The number of alkyl carbamates (subject to hydrolysis) is 1. The third kappa shape index (κ3) is 1.90. The number of alkyl halides is 3. The number of carbonyl (C=O) groups excluding carboxylic acids is 1. The van der Waals surface area contributed by atoms with Gasteiger partial charge in [-0.25, -0.2) is 4.79 Å². The van der Waals surface area contributed by atoms with Crippen LogP contribution in [0.3, 0.4) is 0 Å². The average Bonchev–Trinajstić information content (AvgIpc) is 2.69. The van der Waals surface area contributed by atoms with Crippen molar-refractivity contribution in [3.05, 3.63) is 23.7 Å². The Balaban J connectivity index is 2.17. The fraction of sp³-hybridized carbons (Fsp3) is 0.375. The maximum atomic E-state index is 12.1. The quantitative estimate of drug-likeness (QED) is 0.789. The van der Waals surface area contributed by atoms with Gasteiger partial charge in [0, 0.05) is 0 Å². The molecular formula is C8H6F3NO3. The number of carbonyl (C=O) groups is 1. The van der Waals surface area contributed by atoms with Gasteiger partial charge in [-0.3, -0.25) is 0 Å². The molecule has 1 aliphatic rings. The highest BCUT2D eigenvalue weighted by atomic mass is 19.4. The van der Waals surface area contributed by atoms with Crippen LogP contribution in [0.5, 0.6) is 0 Å². The second-order valence-electron chi connectivity index (χ2n) is 2.97. The molecular weight excluding hydrogens is 215 g/mol. The Labute approximate surface area is 82.0 Å². The van der Waals surface area contributed by atoms with Crippen LogP contribution >= 0.6 is 0 Å². The summed E-state index contributed by atoms with van der Waals surface area (Å²) in [6, 6.07) is 1.95. The topological polar surface area (TPSA) is 51.5 Å². The van der Waals surface area contributed by atoms with Gasteiger partial charge in [-0.05, 0) is 12.1 Å². The zero-order valence-corrected chi connectivity index (χ0v) is 7.30. The van der Waals surface area contributed by atoms with Crippen molar-refractivity contribution in [1.29, 1.82) is 0 Å². The Morgan fingerprint density at radius 2 is 2.13 bits per heavy atom. The number of halogens is 3. The van der Waals surface area contributed by atoms with Crippen molar-refractivity contribution in [3.8, 4) is 0 Å². The highest BCUT2D eigenvalue weighted by Gasteiger charge is 2.36. The van der Waals surface area contributed by atoms with Gasteiger partial charge in [0.1, 0.15) is 5.76 Å². The number of cyclic esters (lactones) is 1. The maximum absolute atomic E-state index is 12.1. The fourth-order valence-electron chi connectivity index (χ4n) is 1.23. The minimum absolute atomic E-state index is 0.0133. The Bertz CT molecular complexity index is 385. The molecule has 82 valence electrons. The molecule has 1 N–H and O–H groups in total. The number of nitrogens with one attached hydrogen (secondary N) is 1. The van der Waals surface area contributed by atoms with E-state index in [-0.39, 0.29) is 12.3 Å². The highest BCUT2D eigenvalue weighted by Crippen LogP contribution is 2.33. The molecule has 0 bridgehead atoms. The van der Waals surface area contributed by atoms with Gasteiger partial charge in [0.25, 0.3) is 0 Å².